The highest BCUT2D eigenvalue weighted by atomic mass is 16.5. The fourth-order valence-electron chi connectivity index (χ4n) is 1.31. The Morgan fingerprint density at radius 1 is 1.50 bits per heavy atom. The molecule has 4 heteroatoms. The number of carbonyl (C=O) groups excluding carboxylic acids is 2. The molecule has 1 amide bonds. The smallest absolute Gasteiger partial charge is 0.407 e. The van der Waals surface area contributed by atoms with E-state index in [1.54, 1.807) is 0 Å². The number of ketones is 1. The molecule has 0 atom stereocenters. The van der Waals surface area contributed by atoms with Crippen molar-refractivity contribution in [2.45, 2.75) is 31.7 Å². The van der Waals surface area contributed by atoms with Crippen LogP contribution in [0, 0.1) is 0 Å². The van der Waals surface area contributed by atoms with E-state index in [1.807, 2.05) is 0 Å². The first-order valence-corrected chi connectivity index (χ1v) is 4.08. The zero-order valence-electron chi connectivity index (χ0n) is 7.13. The first kappa shape index (κ1) is 9.03. The van der Waals surface area contributed by atoms with Crippen molar-refractivity contribution >= 4 is 11.9 Å². The molecule has 0 bridgehead atoms. The fraction of sp³-hybridized carbons (Fsp3) is 0.750. The Hall–Kier alpha value is -1.06. The molecule has 0 aliphatic heterocycles. The van der Waals surface area contributed by atoms with Crippen molar-refractivity contribution in [3.8, 4) is 0 Å². The molecule has 1 fully saturated rings. The molecule has 0 radical (unpaired) electrons. The van der Waals surface area contributed by atoms with Crippen LogP contribution < -0.4 is 5.32 Å². The topological polar surface area (TPSA) is 55.4 Å². The summed E-state index contributed by atoms with van der Waals surface area (Å²) >= 11 is 0. The van der Waals surface area contributed by atoms with E-state index in [9.17, 15) is 9.59 Å². The summed E-state index contributed by atoms with van der Waals surface area (Å²) in [5.41, 5.74) is 0. The van der Waals surface area contributed by atoms with E-state index in [2.05, 4.69) is 10.1 Å². The number of ether oxygens (including phenoxy) is 1. The molecule has 12 heavy (non-hydrogen) atoms. The predicted octanol–water partition coefficient (Wildman–Crippen LogP) is 0.854. The van der Waals surface area contributed by atoms with Gasteiger partial charge >= 0.3 is 6.09 Å². The molecule has 1 aliphatic rings. The molecule has 4 nitrogen and oxygen atoms in total. The number of methoxy groups -OCH3 is 1. The van der Waals surface area contributed by atoms with Crippen molar-refractivity contribution in [3.05, 3.63) is 0 Å². The maximum Gasteiger partial charge on any atom is 0.407 e. The maximum atomic E-state index is 10.8. The van der Waals surface area contributed by atoms with Gasteiger partial charge in [0.05, 0.1) is 7.11 Å². The lowest BCUT2D eigenvalue weighted by atomic mass is 9.95. The van der Waals surface area contributed by atoms with Crippen molar-refractivity contribution in [1.29, 1.82) is 0 Å². The van der Waals surface area contributed by atoms with Crippen LogP contribution in [0.3, 0.4) is 0 Å². The van der Waals surface area contributed by atoms with Gasteiger partial charge in [0.15, 0.2) is 0 Å². The van der Waals surface area contributed by atoms with Crippen LogP contribution in [0.1, 0.15) is 25.7 Å². The van der Waals surface area contributed by atoms with Gasteiger partial charge in [-0.05, 0) is 12.8 Å². The number of alkyl carbamates (subject to hydrolysis) is 1. The lowest BCUT2D eigenvalue weighted by Gasteiger charge is -2.21. The average Bonchev–Trinajstić information content (AvgIpc) is 2.09. The van der Waals surface area contributed by atoms with E-state index < -0.39 is 6.09 Å². The summed E-state index contributed by atoms with van der Waals surface area (Å²) in [6.07, 6.45) is 2.24. The summed E-state index contributed by atoms with van der Waals surface area (Å²) in [7, 11) is 1.34. The quantitative estimate of drug-likeness (QED) is 0.636. The highest BCUT2D eigenvalue weighted by Crippen LogP contribution is 2.14. The second-order valence-corrected chi connectivity index (χ2v) is 2.95. The van der Waals surface area contributed by atoms with Crippen LogP contribution in [0.5, 0.6) is 0 Å². The van der Waals surface area contributed by atoms with Crippen molar-refractivity contribution in [2.24, 2.45) is 0 Å². The molecule has 68 valence electrons. The highest BCUT2D eigenvalue weighted by Gasteiger charge is 2.19. The maximum absolute atomic E-state index is 10.8. The van der Waals surface area contributed by atoms with Gasteiger partial charge in [-0.15, -0.1) is 0 Å². The van der Waals surface area contributed by atoms with Gasteiger partial charge in [-0.1, -0.05) is 0 Å². The minimum absolute atomic E-state index is 0.121. The van der Waals surface area contributed by atoms with E-state index in [0.29, 0.717) is 12.8 Å². The molecule has 0 heterocycles. The van der Waals surface area contributed by atoms with Gasteiger partial charge in [0, 0.05) is 18.9 Å². The van der Waals surface area contributed by atoms with Gasteiger partial charge in [-0.2, -0.15) is 0 Å². The molecule has 0 aromatic carbocycles. The second kappa shape index (κ2) is 4.09. The summed E-state index contributed by atoms with van der Waals surface area (Å²) in [6.45, 7) is 0. The molecule has 0 saturated heterocycles. The van der Waals surface area contributed by atoms with Crippen LogP contribution in [-0.4, -0.2) is 25.0 Å². The monoisotopic (exact) mass is 171 g/mol. The Bertz CT molecular complexity index is 181. The van der Waals surface area contributed by atoms with E-state index in [-0.39, 0.29) is 11.8 Å². The third kappa shape index (κ3) is 2.53. The third-order valence-corrected chi connectivity index (χ3v) is 2.05. The summed E-state index contributed by atoms with van der Waals surface area (Å²) in [5, 5.41) is 2.68. The molecule has 1 rings (SSSR count). The van der Waals surface area contributed by atoms with Crippen LogP contribution in [-0.2, 0) is 9.53 Å². The Morgan fingerprint density at radius 2 is 2.08 bits per heavy atom. The summed E-state index contributed by atoms with van der Waals surface area (Å²) in [5.74, 6) is 0.290. The first-order valence-electron chi connectivity index (χ1n) is 4.08. The number of amides is 1. The van der Waals surface area contributed by atoms with E-state index in [1.165, 1.54) is 7.11 Å². The number of hydrogen-bond donors (Lipinski definition) is 1. The van der Waals surface area contributed by atoms with Crippen molar-refractivity contribution in [1.82, 2.24) is 5.32 Å². The highest BCUT2D eigenvalue weighted by molar-refractivity contribution is 5.79. The standard InChI is InChI=1S/C8H13NO3/c1-12-8(11)9-6-2-4-7(10)5-3-6/h6H,2-5H2,1H3,(H,9,11). The molecule has 0 spiro atoms. The molecule has 1 N–H and O–H groups in total. The Morgan fingerprint density at radius 3 is 2.58 bits per heavy atom. The predicted molar refractivity (Wildman–Crippen MR) is 42.8 cm³/mol. The van der Waals surface area contributed by atoms with Crippen molar-refractivity contribution < 1.29 is 14.3 Å². The number of hydrogen-bond acceptors (Lipinski definition) is 3. The average molecular weight is 171 g/mol. The van der Waals surface area contributed by atoms with E-state index in [0.717, 1.165) is 12.8 Å². The van der Waals surface area contributed by atoms with Gasteiger partial charge in [0.1, 0.15) is 5.78 Å². The van der Waals surface area contributed by atoms with Gasteiger partial charge in [0.2, 0.25) is 0 Å². The molecular weight excluding hydrogens is 158 g/mol. The minimum atomic E-state index is -0.408. The van der Waals surface area contributed by atoms with E-state index >= 15 is 0 Å². The van der Waals surface area contributed by atoms with Crippen molar-refractivity contribution in [2.75, 3.05) is 7.11 Å². The normalized spacial score (nSPS) is 18.9. The first-order chi connectivity index (χ1) is 5.72. The number of nitrogens with one attached hydrogen (secondary N) is 1. The van der Waals surface area contributed by atoms with Gasteiger partial charge in [-0.25, -0.2) is 4.79 Å². The minimum Gasteiger partial charge on any atom is -0.453 e. The Kier molecular flexibility index (Phi) is 3.08. The summed E-state index contributed by atoms with van der Waals surface area (Å²) in [6, 6.07) is 0.121. The van der Waals surface area contributed by atoms with Crippen LogP contribution in [0.15, 0.2) is 0 Å². The molecule has 0 aromatic rings. The fourth-order valence-corrected chi connectivity index (χ4v) is 1.31. The zero-order valence-corrected chi connectivity index (χ0v) is 7.13. The largest absolute Gasteiger partial charge is 0.453 e. The Labute approximate surface area is 71.3 Å². The molecule has 1 aliphatic carbocycles. The number of rotatable bonds is 1. The number of carbonyl (C=O) groups is 2. The molecule has 0 aromatic heterocycles. The van der Waals surface area contributed by atoms with Gasteiger partial charge in [0.25, 0.3) is 0 Å². The second-order valence-electron chi connectivity index (χ2n) is 2.95. The lowest BCUT2D eigenvalue weighted by molar-refractivity contribution is -0.120. The van der Waals surface area contributed by atoms with Gasteiger partial charge in [-0.3, -0.25) is 4.79 Å². The van der Waals surface area contributed by atoms with Crippen molar-refractivity contribution in [3.63, 3.8) is 0 Å². The van der Waals surface area contributed by atoms with E-state index in [4.69, 9.17) is 0 Å². The van der Waals surface area contributed by atoms with Gasteiger partial charge < -0.3 is 10.1 Å². The summed E-state index contributed by atoms with van der Waals surface area (Å²) in [4.78, 5) is 21.6. The van der Waals surface area contributed by atoms with Crippen LogP contribution in [0.2, 0.25) is 0 Å². The summed E-state index contributed by atoms with van der Waals surface area (Å²) < 4.78 is 4.44. The zero-order chi connectivity index (χ0) is 8.97. The van der Waals surface area contributed by atoms with Crippen LogP contribution in [0.4, 0.5) is 4.79 Å². The SMILES string of the molecule is COC(=O)NC1CCC(=O)CC1. The van der Waals surface area contributed by atoms with Crippen LogP contribution >= 0.6 is 0 Å². The third-order valence-electron chi connectivity index (χ3n) is 2.05. The molecule has 0 unspecified atom stereocenters. The lowest BCUT2D eigenvalue weighted by Crippen LogP contribution is -2.37. The van der Waals surface area contributed by atoms with Crippen LogP contribution in [0.25, 0.3) is 0 Å². The Balaban J connectivity index is 2.26. The number of Topliss-reactive ketones (excluding diaryl/α,β-unsaturated/α-hetero) is 1. The molecule has 1 saturated carbocycles. The molecular formula is C8H13NO3.